The summed E-state index contributed by atoms with van der Waals surface area (Å²) in [5.74, 6) is 0.518. The van der Waals surface area contributed by atoms with Crippen molar-refractivity contribution >= 4 is 15.5 Å². The van der Waals surface area contributed by atoms with E-state index < -0.39 is 21.6 Å². The number of alkyl halides is 3. The van der Waals surface area contributed by atoms with E-state index >= 15 is 0 Å². The van der Waals surface area contributed by atoms with E-state index in [-0.39, 0.29) is 36.3 Å². The van der Waals surface area contributed by atoms with Gasteiger partial charge in [0, 0.05) is 51.3 Å². The van der Waals surface area contributed by atoms with Crippen molar-refractivity contribution < 1.29 is 31.4 Å². The van der Waals surface area contributed by atoms with Crippen LogP contribution in [0.3, 0.4) is 0 Å². The molecule has 1 atom stereocenters. The minimum Gasteiger partial charge on any atom is -0.392 e. The summed E-state index contributed by atoms with van der Waals surface area (Å²) in [6, 6.07) is 5.34. The number of ether oxygens (including phenoxy) is 1. The smallest absolute Gasteiger partial charge is 0.392 e. The van der Waals surface area contributed by atoms with E-state index in [4.69, 9.17) is 4.74 Å². The van der Waals surface area contributed by atoms with Gasteiger partial charge in [-0.3, -0.25) is 4.90 Å². The van der Waals surface area contributed by atoms with Gasteiger partial charge in [-0.25, -0.2) is 8.42 Å². The van der Waals surface area contributed by atoms with E-state index in [0.717, 1.165) is 32.1 Å². The normalized spacial score (nSPS) is 27.4. The number of hydrogen-bond acceptors (Lipinski definition) is 6. The third-order valence-corrected chi connectivity index (χ3v) is 8.78. The molecule has 1 heterocycles. The molecule has 0 bridgehead atoms. The molecule has 6 nitrogen and oxygen atoms in total. The number of aliphatic hydroxyl groups excluding tert-OH is 1. The number of hydrogen-bond donors (Lipinski definition) is 1. The van der Waals surface area contributed by atoms with E-state index in [2.05, 4.69) is 23.6 Å². The molecule has 10 heteroatoms. The maximum Gasteiger partial charge on any atom is 0.417 e. The summed E-state index contributed by atoms with van der Waals surface area (Å²) < 4.78 is 69.9. The van der Waals surface area contributed by atoms with E-state index in [1.54, 1.807) is 12.1 Å². The summed E-state index contributed by atoms with van der Waals surface area (Å²) in [5, 5.41) is 9.53. The fourth-order valence-corrected chi connectivity index (χ4v) is 6.36. The highest BCUT2D eigenvalue weighted by molar-refractivity contribution is 7.90. The molecule has 1 aliphatic carbocycles. The summed E-state index contributed by atoms with van der Waals surface area (Å²) in [7, 11) is -2.32. The number of nitrogens with zero attached hydrogens (tertiary/aromatic N) is 2. The Morgan fingerprint density at radius 2 is 1.85 bits per heavy atom. The van der Waals surface area contributed by atoms with Gasteiger partial charge in [0.1, 0.15) is 0 Å². The molecule has 194 valence electrons. The van der Waals surface area contributed by atoms with Gasteiger partial charge >= 0.3 is 6.18 Å². The van der Waals surface area contributed by atoms with Gasteiger partial charge in [-0.15, -0.1) is 0 Å². The molecule has 1 aromatic carbocycles. The SMILES string of the molecule is CO[C@]1(C(F)(F)F)CC[C@@H](CN2CCN(c3ccc(CO)c(S(C)(=O)=O)c3)C[C@@H]2C(C)C)CC1. The largest absolute Gasteiger partial charge is 0.417 e. The quantitative estimate of drug-likeness (QED) is 0.606. The lowest BCUT2D eigenvalue weighted by atomic mass is 9.77. The van der Waals surface area contributed by atoms with Gasteiger partial charge < -0.3 is 14.7 Å². The van der Waals surface area contributed by atoms with Gasteiger partial charge in [0.05, 0.1) is 11.5 Å². The van der Waals surface area contributed by atoms with Crippen molar-refractivity contribution in [1.29, 1.82) is 0 Å². The topological polar surface area (TPSA) is 70.1 Å². The van der Waals surface area contributed by atoms with Gasteiger partial charge in [-0.2, -0.15) is 13.2 Å². The third-order valence-electron chi connectivity index (χ3n) is 7.60. The second-order valence-corrected chi connectivity index (χ2v) is 12.1. The first-order valence-electron chi connectivity index (χ1n) is 11.9. The Morgan fingerprint density at radius 3 is 2.35 bits per heavy atom. The van der Waals surface area contributed by atoms with Gasteiger partial charge in [0.15, 0.2) is 15.4 Å². The van der Waals surface area contributed by atoms with Crippen molar-refractivity contribution in [2.45, 2.75) is 68.9 Å². The highest BCUT2D eigenvalue weighted by Gasteiger charge is 2.56. The number of benzene rings is 1. The molecule has 0 unspecified atom stereocenters. The van der Waals surface area contributed by atoms with Crippen LogP contribution >= 0.6 is 0 Å². The molecule has 3 rings (SSSR count). The minimum atomic E-state index is -4.35. The predicted molar refractivity (Wildman–Crippen MR) is 126 cm³/mol. The predicted octanol–water partition coefficient (Wildman–Crippen LogP) is 3.87. The highest BCUT2D eigenvalue weighted by Crippen LogP contribution is 2.45. The molecule has 1 aliphatic heterocycles. The van der Waals surface area contributed by atoms with Crippen LogP contribution in [0, 0.1) is 11.8 Å². The number of rotatable bonds is 7. The zero-order chi connectivity index (χ0) is 25.3. The van der Waals surface area contributed by atoms with E-state index in [9.17, 15) is 26.7 Å². The molecule has 2 fully saturated rings. The Labute approximate surface area is 201 Å². The van der Waals surface area contributed by atoms with Crippen LogP contribution in [0.25, 0.3) is 0 Å². The fourth-order valence-electron chi connectivity index (χ4n) is 5.42. The lowest BCUT2D eigenvalue weighted by Gasteiger charge is -2.47. The Balaban J connectivity index is 1.70. The van der Waals surface area contributed by atoms with Crippen molar-refractivity contribution in [3.63, 3.8) is 0 Å². The molecule has 1 N–H and O–H groups in total. The number of anilines is 1. The maximum absolute atomic E-state index is 13.5. The van der Waals surface area contributed by atoms with Gasteiger partial charge in [-0.05, 0) is 55.2 Å². The van der Waals surface area contributed by atoms with Crippen LogP contribution in [0.4, 0.5) is 18.9 Å². The molecule has 1 saturated carbocycles. The average Bonchev–Trinajstić information content (AvgIpc) is 2.78. The standard InChI is InChI=1S/C24H37F3N2O4S/c1-17(2)21-15-28(20-6-5-19(16-30)22(13-20)34(4,31)32)11-12-29(21)14-18-7-9-23(33-3,10-8-18)24(25,26)27/h5-6,13,17-18,21,30H,7-12,14-16H2,1-4H3/t18-,21-,23-/m1/s1. The van der Waals surface area contributed by atoms with Crippen molar-refractivity contribution in [1.82, 2.24) is 4.90 Å². The monoisotopic (exact) mass is 506 g/mol. The van der Waals surface area contributed by atoms with Crippen molar-refractivity contribution in [2.24, 2.45) is 11.8 Å². The number of sulfone groups is 1. The van der Waals surface area contributed by atoms with E-state index in [1.807, 2.05) is 6.07 Å². The van der Waals surface area contributed by atoms with Crippen LogP contribution in [-0.2, 0) is 21.2 Å². The van der Waals surface area contributed by atoms with Crippen LogP contribution in [0.1, 0.15) is 45.1 Å². The molecular weight excluding hydrogens is 469 g/mol. The third kappa shape index (κ3) is 5.71. The Bertz CT molecular complexity index is 944. The summed E-state index contributed by atoms with van der Waals surface area (Å²) in [6.07, 6.45) is -2.25. The lowest BCUT2D eigenvalue weighted by Crippen LogP contribution is -2.57. The molecule has 0 spiro atoms. The lowest BCUT2D eigenvalue weighted by molar-refractivity contribution is -0.282. The van der Waals surface area contributed by atoms with Crippen LogP contribution < -0.4 is 4.90 Å². The Morgan fingerprint density at radius 1 is 1.21 bits per heavy atom. The summed E-state index contributed by atoms with van der Waals surface area (Å²) >= 11 is 0. The first kappa shape index (κ1) is 27.2. The summed E-state index contributed by atoms with van der Waals surface area (Å²) in [5.41, 5.74) is -0.832. The van der Waals surface area contributed by atoms with Crippen LogP contribution in [-0.4, -0.2) is 75.8 Å². The summed E-state index contributed by atoms with van der Waals surface area (Å²) in [4.78, 5) is 4.69. The average molecular weight is 507 g/mol. The number of methoxy groups -OCH3 is 1. The van der Waals surface area contributed by atoms with Gasteiger partial charge in [0.25, 0.3) is 0 Å². The first-order chi connectivity index (χ1) is 15.8. The van der Waals surface area contributed by atoms with Crippen LogP contribution in [0.15, 0.2) is 23.1 Å². The molecule has 1 aromatic rings. The minimum absolute atomic E-state index is 0.00451. The van der Waals surface area contributed by atoms with Crippen molar-refractivity contribution in [3.8, 4) is 0 Å². The summed E-state index contributed by atoms with van der Waals surface area (Å²) in [6.45, 7) is 6.84. The van der Waals surface area contributed by atoms with Gasteiger partial charge in [-0.1, -0.05) is 19.9 Å². The van der Waals surface area contributed by atoms with Crippen molar-refractivity contribution in [3.05, 3.63) is 23.8 Å². The molecule has 0 aromatic heterocycles. The van der Waals surface area contributed by atoms with E-state index in [0.29, 0.717) is 37.4 Å². The molecule has 1 saturated heterocycles. The molecule has 34 heavy (non-hydrogen) atoms. The first-order valence-corrected chi connectivity index (χ1v) is 13.7. The second-order valence-electron chi connectivity index (χ2n) is 10.1. The molecule has 0 amide bonds. The number of piperazine rings is 1. The van der Waals surface area contributed by atoms with Crippen LogP contribution in [0.5, 0.6) is 0 Å². The molecular formula is C24H37F3N2O4S. The second kappa shape index (κ2) is 10.3. The van der Waals surface area contributed by atoms with Gasteiger partial charge in [0.2, 0.25) is 0 Å². The number of halogens is 3. The van der Waals surface area contributed by atoms with Crippen molar-refractivity contribution in [2.75, 3.05) is 44.4 Å². The van der Waals surface area contributed by atoms with E-state index in [1.165, 1.54) is 0 Å². The molecule has 0 radical (unpaired) electrons. The number of aliphatic hydroxyl groups is 1. The highest BCUT2D eigenvalue weighted by atomic mass is 32.2. The zero-order valence-corrected chi connectivity index (χ0v) is 21.3. The fraction of sp³-hybridized carbons (Fsp3) is 0.750. The molecule has 2 aliphatic rings. The zero-order valence-electron chi connectivity index (χ0n) is 20.4. The maximum atomic E-state index is 13.5. The Kier molecular flexibility index (Phi) is 8.27. The van der Waals surface area contributed by atoms with Crippen LogP contribution in [0.2, 0.25) is 0 Å². The Hall–Kier alpha value is -1.36.